The molecule has 0 aromatic heterocycles. The summed E-state index contributed by atoms with van der Waals surface area (Å²) in [5, 5.41) is 11.3. The summed E-state index contributed by atoms with van der Waals surface area (Å²) in [6.45, 7) is 2.38. The van der Waals surface area contributed by atoms with E-state index in [1.807, 2.05) is 6.07 Å². The molecule has 0 unspecified atom stereocenters. The molecule has 27 heavy (non-hydrogen) atoms. The molecule has 0 saturated heterocycles. The summed E-state index contributed by atoms with van der Waals surface area (Å²) in [4.78, 5) is 35.5. The predicted molar refractivity (Wildman–Crippen MR) is 97.3 cm³/mol. The number of anilines is 1. The van der Waals surface area contributed by atoms with Gasteiger partial charge in [0.15, 0.2) is 18.5 Å². The fourth-order valence-electron chi connectivity index (χ4n) is 2.20. The van der Waals surface area contributed by atoms with Crippen molar-refractivity contribution in [3.63, 3.8) is 0 Å². The predicted octanol–water partition coefficient (Wildman–Crippen LogP) is 2.71. The van der Waals surface area contributed by atoms with Gasteiger partial charge in [-0.15, -0.1) is 0 Å². The number of hydrogen-bond donors (Lipinski definition) is 1. The van der Waals surface area contributed by atoms with Gasteiger partial charge in [0.05, 0.1) is 17.3 Å². The van der Waals surface area contributed by atoms with E-state index in [0.29, 0.717) is 22.6 Å². The Morgan fingerprint density at radius 3 is 2.41 bits per heavy atom. The molecule has 1 atom stereocenters. The number of para-hydroxylation sites is 1. The Hall–Kier alpha value is -3.66. The number of esters is 1. The van der Waals surface area contributed by atoms with Crippen LogP contribution in [0.3, 0.4) is 0 Å². The molecule has 7 nitrogen and oxygen atoms in total. The summed E-state index contributed by atoms with van der Waals surface area (Å²) in [6.07, 6.45) is -0.935. The molecule has 0 bridgehead atoms. The summed E-state index contributed by atoms with van der Waals surface area (Å²) in [6, 6.07) is 14.8. The third-order valence-corrected chi connectivity index (χ3v) is 3.55. The van der Waals surface area contributed by atoms with Gasteiger partial charge in [0.2, 0.25) is 0 Å². The molecule has 0 aliphatic rings. The van der Waals surface area contributed by atoms with Crippen molar-refractivity contribution < 1.29 is 23.9 Å². The highest BCUT2D eigenvalue weighted by Crippen LogP contribution is 2.16. The number of rotatable bonds is 7. The van der Waals surface area contributed by atoms with Gasteiger partial charge in [0.1, 0.15) is 5.75 Å². The lowest BCUT2D eigenvalue weighted by molar-refractivity contribution is -0.153. The van der Waals surface area contributed by atoms with Gasteiger partial charge < -0.3 is 14.8 Å². The summed E-state index contributed by atoms with van der Waals surface area (Å²) in [5.41, 5.74) is 1.20. The van der Waals surface area contributed by atoms with Crippen LogP contribution < -0.4 is 10.1 Å². The maximum absolute atomic E-state index is 12.0. The highest BCUT2D eigenvalue weighted by molar-refractivity contribution is 6.04. The van der Waals surface area contributed by atoms with Gasteiger partial charge in [-0.2, -0.15) is 5.26 Å². The molecular weight excluding hydrogens is 348 g/mol. The minimum absolute atomic E-state index is 0.188. The van der Waals surface area contributed by atoms with Crippen molar-refractivity contribution in [1.29, 1.82) is 5.26 Å². The van der Waals surface area contributed by atoms with E-state index < -0.39 is 24.6 Å². The Balaban J connectivity index is 1.86. The molecule has 7 heteroatoms. The molecule has 138 valence electrons. The number of carbonyl (C=O) groups is 3. The lowest BCUT2D eigenvalue weighted by atomic mass is 10.1. The number of nitriles is 1. The molecule has 1 N–H and O–H groups in total. The number of hydrogen-bond acceptors (Lipinski definition) is 6. The molecular formula is C20H18N2O5. The van der Waals surface area contributed by atoms with Crippen molar-refractivity contribution in [3.8, 4) is 11.8 Å². The number of amides is 1. The first kappa shape index (κ1) is 19.7. The first-order valence-electron chi connectivity index (χ1n) is 8.14. The fourth-order valence-corrected chi connectivity index (χ4v) is 2.20. The maximum atomic E-state index is 12.0. The molecule has 2 aromatic rings. The van der Waals surface area contributed by atoms with Gasteiger partial charge in [-0.3, -0.25) is 9.59 Å². The average Bonchev–Trinajstić information content (AvgIpc) is 2.66. The molecule has 1 amide bonds. The van der Waals surface area contributed by atoms with Crippen LogP contribution in [0.4, 0.5) is 5.69 Å². The number of carbonyl (C=O) groups excluding carboxylic acids is 3. The fraction of sp³-hybridized carbons (Fsp3) is 0.200. The molecule has 0 saturated carbocycles. The largest absolute Gasteiger partial charge is 0.479 e. The van der Waals surface area contributed by atoms with E-state index in [9.17, 15) is 14.4 Å². The van der Waals surface area contributed by atoms with Crippen LogP contribution in [0, 0.1) is 11.3 Å². The van der Waals surface area contributed by atoms with Crippen LogP contribution in [0.25, 0.3) is 0 Å². The van der Waals surface area contributed by atoms with Gasteiger partial charge in [0, 0.05) is 5.56 Å². The van der Waals surface area contributed by atoms with Gasteiger partial charge in [-0.05, 0) is 50.2 Å². The highest BCUT2D eigenvalue weighted by Gasteiger charge is 2.18. The van der Waals surface area contributed by atoms with Gasteiger partial charge >= 0.3 is 5.97 Å². The zero-order valence-electron chi connectivity index (χ0n) is 14.9. The first-order chi connectivity index (χ1) is 12.9. The van der Waals surface area contributed by atoms with Crippen LogP contribution >= 0.6 is 0 Å². The van der Waals surface area contributed by atoms with Crippen LogP contribution in [0.15, 0.2) is 48.5 Å². The minimum Gasteiger partial charge on any atom is -0.479 e. The van der Waals surface area contributed by atoms with Crippen molar-refractivity contribution >= 4 is 23.3 Å². The van der Waals surface area contributed by atoms with Crippen molar-refractivity contribution in [2.24, 2.45) is 0 Å². The molecule has 0 aliphatic carbocycles. The van der Waals surface area contributed by atoms with E-state index in [1.165, 1.54) is 13.8 Å². The van der Waals surface area contributed by atoms with Gasteiger partial charge in [-0.1, -0.05) is 12.1 Å². The van der Waals surface area contributed by atoms with Crippen LogP contribution in [-0.2, 0) is 14.3 Å². The van der Waals surface area contributed by atoms with E-state index in [2.05, 4.69) is 5.32 Å². The van der Waals surface area contributed by atoms with E-state index in [0.717, 1.165) is 0 Å². The molecule has 0 spiro atoms. The number of benzene rings is 2. The van der Waals surface area contributed by atoms with E-state index in [4.69, 9.17) is 14.7 Å². The second-order valence-electron chi connectivity index (χ2n) is 5.65. The summed E-state index contributed by atoms with van der Waals surface area (Å²) < 4.78 is 10.4. The van der Waals surface area contributed by atoms with Crippen molar-refractivity contribution in [3.05, 3.63) is 59.7 Å². The molecule has 2 aromatic carbocycles. The Labute approximate surface area is 156 Å². The van der Waals surface area contributed by atoms with E-state index in [-0.39, 0.29) is 5.78 Å². The number of nitrogens with zero attached hydrogens (tertiary/aromatic N) is 1. The summed E-state index contributed by atoms with van der Waals surface area (Å²) in [5.74, 6) is -1.07. The molecule has 0 fully saturated rings. The third-order valence-electron chi connectivity index (χ3n) is 3.55. The van der Waals surface area contributed by atoms with E-state index in [1.54, 1.807) is 48.5 Å². The zero-order chi connectivity index (χ0) is 19.8. The second-order valence-corrected chi connectivity index (χ2v) is 5.65. The first-order valence-corrected chi connectivity index (χ1v) is 8.14. The van der Waals surface area contributed by atoms with Crippen molar-refractivity contribution in [2.75, 3.05) is 11.9 Å². The number of nitrogens with one attached hydrogen (secondary N) is 1. The summed E-state index contributed by atoms with van der Waals surface area (Å²) >= 11 is 0. The van der Waals surface area contributed by atoms with E-state index >= 15 is 0 Å². The third kappa shape index (κ3) is 5.68. The van der Waals surface area contributed by atoms with Crippen LogP contribution in [-0.4, -0.2) is 30.4 Å². The minimum atomic E-state index is -0.935. The Kier molecular flexibility index (Phi) is 6.67. The molecule has 0 heterocycles. The van der Waals surface area contributed by atoms with Crippen LogP contribution in [0.2, 0.25) is 0 Å². The quantitative estimate of drug-likeness (QED) is 0.597. The van der Waals surface area contributed by atoms with Crippen LogP contribution in [0.5, 0.6) is 5.75 Å². The Bertz CT molecular complexity index is 884. The average molecular weight is 366 g/mol. The second kappa shape index (κ2) is 9.15. The zero-order valence-corrected chi connectivity index (χ0v) is 14.9. The lowest BCUT2D eigenvalue weighted by Gasteiger charge is -2.14. The van der Waals surface area contributed by atoms with Crippen molar-refractivity contribution in [2.45, 2.75) is 20.0 Å². The number of ketones is 1. The lowest BCUT2D eigenvalue weighted by Crippen LogP contribution is -2.30. The molecule has 0 radical (unpaired) electrons. The topological polar surface area (TPSA) is 105 Å². The smallest absolute Gasteiger partial charge is 0.347 e. The van der Waals surface area contributed by atoms with Crippen LogP contribution in [0.1, 0.15) is 29.8 Å². The Morgan fingerprint density at radius 1 is 1.11 bits per heavy atom. The number of Topliss-reactive ketones (excluding diaryl/α,β-unsaturated/α-hetero) is 1. The SMILES string of the molecule is CC(=O)c1ccccc1NC(=O)COC(=O)[C@H](C)Oc1ccc(C#N)cc1. The molecule has 2 rings (SSSR count). The monoisotopic (exact) mass is 366 g/mol. The summed E-state index contributed by atoms with van der Waals surface area (Å²) in [7, 11) is 0. The molecule has 0 aliphatic heterocycles. The number of ether oxygens (including phenoxy) is 2. The van der Waals surface area contributed by atoms with Gasteiger partial charge in [-0.25, -0.2) is 4.79 Å². The standard InChI is InChI=1S/C20H18N2O5/c1-13(23)17-5-3-4-6-18(17)22-19(24)12-26-20(25)14(2)27-16-9-7-15(11-21)8-10-16/h3-10,14H,12H2,1-2H3,(H,22,24)/t14-/m0/s1. The van der Waals surface area contributed by atoms with Gasteiger partial charge in [0.25, 0.3) is 5.91 Å². The maximum Gasteiger partial charge on any atom is 0.347 e. The normalized spacial score (nSPS) is 11.0. The highest BCUT2D eigenvalue weighted by atomic mass is 16.6. The van der Waals surface area contributed by atoms with Crippen molar-refractivity contribution in [1.82, 2.24) is 0 Å². The Morgan fingerprint density at radius 2 is 1.78 bits per heavy atom.